The zero-order chi connectivity index (χ0) is 14.5. The summed E-state index contributed by atoms with van der Waals surface area (Å²) in [4.78, 5) is 15.9. The number of hydrogen-bond acceptors (Lipinski definition) is 6. The Kier molecular flexibility index (Phi) is 4.47. The minimum absolute atomic E-state index is 0.101. The van der Waals surface area contributed by atoms with Crippen LogP contribution < -0.4 is 4.74 Å². The fraction of sp³-hybridized carbons (Fsp3) is 0.214. The second-order valence-corrected chi connectivity index (χ2v) is 4.74. The fourth-order valence-electron chi connectivity index (χ4n) is 1.65. The summed E-state index contributed by atoms with van der Waals surface area (Å²) in [6.45, 7) is 3.28. The summed E-state index contributed by atoms with van der Waals surface area (Å²) in [7, 11) is 1.50. The first-order valence-corrected chi connectivity index (χ1v) is 6.70. The van der Waals surface area contributed by atoms with Gasteiger partial charge in [0.15, 0.2) is 5.78 Å². The summed E-state index contributed by atoms with van der Waals surface area (Å²) in [5.41, 5.74) is 1.11. The van der Waals surface area contributed by atoms with Crippen LogP contribution in [0.4, 0.5) is 0 Å². The molecule has 2 aromatic rings. The highest BCUT2D eigenvalue weighted by atomic mass is 32.1. The molecule has 0 N–H and O–H groups in total. The lowest BCUT2D eigenvalue weighted by Gasteiger charge is -2.09. The maximum Gasteiger partial charge on any atom is 0.298 e. The van der Waals surface area contributed by atoms with Gasteiger partial charge in [-0.05, 0) is 19.9 Å². The number of methoxy groups -OCH3 is 1. The van der Waals surface area contributed by atoms with Gasteiger partial charge in [0.1, 0.15) is 11.6 Å². The first kappa shape index (κ1) is 14.2. The molecule has 0 fully saturated rings. The average Bonchev–Trinajstić information content (AvgIpc) is 2.82. The predicted molar refractivity (Wildman–Crippen MR) is 76.8 cm³/mol. The first-order valence-electron chi connectivity index (χ1n) is 5.93. The second-order valence-electron chi connectivity index (χ2n) is 4.03. The average molecular weight is 290 g/mol. The van der Waals surface area contributed by atoms with Crippen molar-refractivity contribution in [2.75, 3.05) is 7.11 Å². The number of carbonyl (C=O) groups is 1. The molecule has 20 heavy (non-hydrogen) atoms. The standard InChI is InChI=1S/C14H14N2O3S/c1-9(17)12(8-18-3)11-6-4-5-7-13(11)19-14-15-10(2)16-20-14/h4-8H,1-3H3/b12-8-. The summed E-state index contributed by atoms with van der Waals surface area (Å²) in [6.07, 6.45) is 1.41. The van der Waals surface area contributed by atoms with Gasteiger partial charge in [0.2, 0.25) is 0 Å². The number of para-hydroxylation sites is 1. The SMILES string of the molecule is CO/C=C(/C(C)=O)c1ccccc1Oc1nc(C)ns1. The van der Waals surface area contributed by atoms with Crippen molar-refractivity contribution in [3.05, 3.63) is 41.9 Å². The third-order valence-electron chi connectivity index (χ3n) is 2.50. The van der Waals surface area contributed by atoms with Crippen LogP contribution in [0.2, 0.25) is 0 Å². The number of carbonyl (C=O) groups excluding carboxylic acids is 1. The molecule has 6 heteroatoms. The van der Waals surface area contributed by atoms with E-state index in [9.17, 15) is 4.79 Å². The van der Waals surface area contributed by atoms with Crippen molar-refractivity contribution in [1.82, 2.24) is 9.36 Å². The molecule has 0 radical (unpaired) electrons. The zero-order valence-corrected chi connectivity index (χ0v) is 12.2. The van der Waals surface area contributed by atoms with Crippen LogP contribution in [0.15, 0.2) is 30.5 Å². The van der Waals surface area contributed by atoms with E-state index in [1.165, 1.54) is 31.8 Å². The maximum atomic E-state index is 11.7. The van der Waals surface area contributed by atoms with Crippen LogP contribution in [-0.4, -0.2) is 22.3 Å². The van der Waals surface area contributed by atoms with Gasteiger partial charge in [0, 0.05) is 17.1 Å². The molecule has 0 unspecified atom stereocenters. The van der Waals surface area contributed by atoms with Crippen molar-refractivity contribution in [3.8, 4) is 10.9 Å². The van der Waals surface area contributed by atoms with E-state index in [1.54, 1.807) is 19.1 Å². The number of rotatable bonds is 5. The van der Waals surface area contributed by atoms with Gasteiger partial charge in [-0.3, -0.25) is 4.79 Å². The Bertz CT molecular complexity index is 649. The summed E-state index contributed by atoms with van der Waals surface area (Å²) in [6, 6.07) is 7.24. The molecule has 1 aromatic carbocycles. The molecule has 0 atom stereocenters. The van der Waals surface area contributed by atoms with E-state index in [-0.39, 0.29) is 5.78 Å². The molecule has 1 heterocycles. The van der Waals surface area contributed by atoms with Crippen molar-refractivity contribution < 1.29 is 14.3 Å². The van der Waals surface area contributed by atoms with Crippen LogP contribution in [0.1, 0.15) is 18.3 Å². The van der Waals surface area contributed by atoms with Crippen molar-refractivity contribution in [2.45, 2.75) is 13.8 Å². The molecule has 0 bridgehead atoms. The van der Waals surface area contributed by atoms with Gasteiger partial charge in [-0.1, -0.05) is 18.2 Å². The maximum absolute atomic E-state index is 11.7. The molecular formula is C14H14N2O3S. The topological polar surface area (TPSA) is 61.3 Å². The lowest BCUT2D eigenvalue weighted by molar-refractivity contribution is -0.111. The Balaban J connectivity index is 2.39. The highest BCUT2D eigenvalue weighted by molar-refractivity contribution is 7.07. The molecule has 0 aliphatic rings. The number of ether oxygens (including phenoxy) is 2. The normalized spacial score (nSPS) is 11.2. The molecule has 1 aromatic heterocycles. The number of ketones is 1. The molecule has 104 valence electrons. The van der Waals surface area contributed by atoms with E-state index in [1.807, 2.05) is 12.1 Å². The van der Waals surface area contributed by atoms with E-state index >= 15 is 0 Å². The van der Waals surface area contributed by atoms with Gasteiger partial charge in [-0.2, -0.15) is 9.36 Å². The molecule has 0 aliphatic carbocycles. The second kappa shape index (κ2) is 6.29. The number of allylic oxidation sites excluding steroid dienone is 1. The van der Waals surface area contributed by atoms with Gasteiger partial charge in [0.05, 0.1) is 18.9 Å². The number of hydrogen-bond donors (Lipinski definition) is 0. The number of benzene rings is 1. The number of Topliss-reactive ketones (excluding diaryl/α,β-unsaturated/α-hetero) is 1. The van der Waals surface area contributed by atoms with Crippen LogP contribution in [0.5, 0.6) is 10.9 Å². The minimum atomic E-state index is -0.101. The van der Waals surface area contributed by atoms with Crippen LogP contribution in [0.25, 0.3) is 5.57 Å². The molecule has 0 amide bonds. The van der Waals surface area contributed by atoms with E-state index in [2.05, 4.69) is 9.36 Å². The molecule has 2 rings (SSSR count). The third kappa shape index (κ3) is 3.21. The summed E-state index contributed by atoms with van der Waals surface area (Å²) in [5.74, 6) is 1.10. The van der Waals surface area contributed by atoms with Crippen LogP contribution in [0.3, 0.4) is 0 Å². The smallest absolute Gasteiger partial charge is 0.298 e. The minimum Gasteiger partial charge on any atom is -0.504 e. The molecule has 5 nitrogen and oxygen atoms in total. The van der Waals surface area contributed by atoms with Gasteiger partial charge in [-0.25, -0.2) is 0 Å². The molecule has 0 saturated carbocycles. The summed E-state index contributed by atoms with van der Waals surface area (Å²) >= 11 is 1.17. The molecule has 0 aliphatic heterocycles. The quantitative estimate of drug-likeness (QED) is 0.625. The third-order valence-corrected chi connectivity index (χ3v) is 3.18. The Labute approximate surface area is 121 Å². The number of nitrogens with zero attached hydrogens (tertiary/aromatic N) is 2. The van der Waals surface area contributed by atoms with E-state index in [0.29, 0.717) is 27.9 Å². The van der Waals surface area contributed by atoms with Crippen LogP contribution >= 0.6 is 11.5 Å². The summed E-state index contributed by atoms with van der Waals surface area (Å²) in [5, 5.41) is 0.440. The highest BCUT2D eigenvalue weighted by Crippen LogP contribution is 2.31. The predicted octanol–water partition coefficient (Wildman–Crippen LogP) is 3.22. The summed E-state index contributed by atoms with van der Waals surface area (Å²) < 4.78 is 14.7. The lowest BCUT2D eigenvalue weighted by Crippen LogP contribution is -1.99. The largest absolute Gasteiger partial charge is 0.504 e. The van der Waals surface area contributed by atoms with Gasteiger partial charge >= 0.3 is 0 Å². The van der Waals surface area contributed by atoms with Gasteiger partial charge in [0.25, 0.3) is 5.19 Å². The Morgan fingerprint density at radius 1 is 1.35 bits per heavy atom. The molecular weight excluding hydrogens is 276 g/mol. The van der Waals surface area contributed by atoms with Crippen molar-refractivity contribution in [3.63, 3.8) is 0 Å². The van der Waals surface area contributed by atoms with Crippen molar-refractivity contribution in [1.29, 1.82) is 0 Å². The van der Waals surface area contributed by atoms with Gasteiger partial charge in [-0.15, -0.1) is 0 Å². The van der Waals surface area contributed by atoms with E-state index in [4.69, 9.17) is 9.47 Å². The van der Waals surface area contributed by atoms with Crippen molar-refractivity contribution >= 4 is 22.9 Å². The van der Waals surface area contributed by atoms with E-state index in [0.717, 1.165) is 0 Å². The van der Waals surface area contributed by atoms with Crippen molar-refractivity contribution in [2.24, 2.45) is 0 Å². The Hall–Kier alpha value is -2.21. The zero-order valence-electron chi connectivity index (χ0n) is 11.4. The van der Waals surface area contributed by atoms with Gasteiger partial charge < -0.3 is 9.47 Å². The first-order chi connectivity index (χ1) is 9.61. The van der Waals surface area contributed by atoms with E-state index < -0.39 is 0 Å². The Morgan fingerprint density at radius 2 is 2.10 bits per heavy atom. The fourth-order valence-corrected chi connectivity index (χ4v) is 2.20. The highest BCUT2D eigenvalue weighted by Gasteiger charge is 2.15. The number of aryl methyl sites for hydroxylation is 1. The van der Waals surface area contributed by atoms with Crippen LogP contribution in [-0.2, 0) is 9.53 Å². The van der Waals surface area contributed by atoms with Crippen LogP contribution in [0, 0.1) is 6.92 Å². The number of aromatic nitrogens is 2. The monoisotopic (exact) mass is 290 g/mol. The molecule has 0 saturated heterocycles. The lowest BCUT2D eigenvalue weighted by atomic mass is 10.0. The Morgan fingerprint density at radius 3 is 2.70 bits per heavy atom. The molecule has 0 spiro atoms.